The number of rotatable bonds is 4. The molecular weight excluding hydrogens is 416 g/mol. The largest absolute Gasteiger partial charge is 0.377 e. The lowest BCUT2D eigenvalue weighted by Gasteiger charge is -2.33. The van der Waals surface area contributed by atoms with Gasteiger partial charge in [-0.25, -0.2) is 0 Å². The maximum Gasteiger partial charge on any atom is 0.254 e. The second kappa shape index (κ2) is 8.60. The molecule has 0 bridgehead atoms. The van der Waals surface area contributed by atoms with Crippen LogP contribution in [0.4, 0.5) is 5.69 Å². The van der Waals surface area contributed by atoms with E-state index in [1.165, 1.54) is 11.3 Å². The molecule has 0 saturated carbocycles. The van der Waals surface area contributed by atoms with E-state index in [2.05, 4.69) is 10.1 Å². The van der Waals surface area contributed by atoms with Crippen LogP contribution in [0.1, 0.15) is 41.6 Å². The number of amides is 2. The summed E-state index contributed by atoms with van der Waals surface area (Å²) in [6.45, 7) is 1.92. The topological polar surface area (TPSA) is 88.8 Å². The second-order valence-electron chi connectivity index (χ2n) is 7.57. The van der Waals surface area contributed by atoms with Crippen LogP contribution in [0.5, 0.6) is 0 Å². The number of ether oxygens (including phenoxy) is 1. The van der Waals surface area contributed by atoms with Gasteiger partial charge in [-0.3, -0.25) is 9.59 Å². The van der Waals surface area contributed by atoms with Crippen molar-refractivity contribution in [1.29, 1.82) is 0 Å². The molecule has 9 heteroatoms. The number of aromatic nitrogens is 2. The highest BCUT2D eigenvalue weighted by Crippen LogP contribution is 2.29. The van der Waals surface area contributed by atoms with Gasteiger partial charge in [0, 0.05) is 30.8 Å². The van der Waals surface area contributed by atoms with Gasteiger partial charge in [0.2, 0.25) is 11.7 Å². The van der Waals surface area contributed by atoms with Gasteiger partial charge in [0.25, 0.3) is 11.8 Å². The smallest absolute Gasteiger partial charge is 0.254 e. The predicted molar refractivity (Wildman–Crippen MR) is 115 cm³/mol. The number of hydrogen-bond donors (Lipinski definition) is 0. The quantitative estimate of drug-likeness (QED) is 0.619. The van der Waals surface area contributed by atoms with Crippen molar-refractivity contribution >= 4 is 28.8 Å². The highest BCUT2D eigenvalue weighted by atomic mass is 32.1. The number of anilines is 1. The van der Waals surface area contributed by atoms with E-state index in [0.29, 0.717) is 43.5 Å². The number of benzene rings is 1. The third kappa shape index (κ3) is 3.98. The predicted octanol–water partition coefficient (Wildman–Crippen LogP) is 3.53. The Hall–Kier alpha value is -3.04. The van der Waals surface area contributed by atoms with Gasteiger partial charge in [0.15, 0.2) is 0 Å². The van der Waals surface area contributed by atoms with Crippen molar-refractivity contribution in [3.8, 4) is 10.7 Å². The fourth-order valence-electron chi connectivity index (χ4n) is 3.96. The summed E-state index contributed by atoms with van der Waals surface area (Å²) in [5.41, 5.74) is 1.38. The maximum atomic E-state index is 13.3. The molecule has 1 atom stereocenters. The summed E-state index contributed by atoms with van der Waals surface area (Å²) in [6, 6.07) is 10.6. The maximum absolute atomic E-state index is 13.3. The molecule has 2 saturated heterocycles. The standard InChI is InChI=1S/C22H22N4O4S/c27-19-5-1-2-10-25(19)16-8-6-15(7-9-16)22(28)26-11-12-29-14-17(26)21-23-20(24-30-21)18-4-3-13-31-18/h3-4,6-9,13,17H,1-2,5,10-12,14H2/t17-/m1/s1. The molecule has 4 heterocycles. The van der Waals surface area contributed by atoms with Crippen molar-refractivity contribution in [1.82, 2.24) is 15.0 Å². The van der Waals surface area contributed by atoms with Crippen molar-refractivity contribution < 1.29 is 18.8 Å². The summed E-state index contributed by atoms with van der Waals surface area (Å²) in [5, 5.41) is 6.01. The number of piperidine rings is 1. The van der Waals surface area contributed by atoms with E-state index in [4.69, 9.17) is 9.26 Å². The zero-order valence-corrected chi connectivity index (χ0v) is 17.7. The van der Waals surface area contributed by atoms with Gasteiger partial charge in [-0.05, 0) is 48.6 Å². The number of carbonyl (C=O) groups is 2. The fourth-order valence-corrected chi connectivity index (χ4v) is 4.61. The van der Waals surface area contributed by atoms with Crippen molar-refractivity contribution in [2.24, 2.45) is 0 Å². The third-order valence-electron chi connectivity index (χ3n) is 5.61. The molecule has 2 aliphatic heterocycles. The van der Waals surface area contributed by atoms with Crippen LogP contribution in [0.2, 0.25) is 0 Å². The summed E-state index contributed by atoms with van der Waals surface area (Å²) in [7, 11) is 0. The lowest BCUT2D eigenvalue weighted by atomic mass is 10.1. The molecule has 0 spiro atoms. The van der Waals surface area contributed by atoms with Gasteiger partial charge in [-0.1, -0.05) is 11.2 Å². The zero-order chi connectivity index (χ0) is 21.2. The number of hydrogen-bond acceptors (Lipinski definition) is 7. The molecular formula is C22H22N4O4S. The van der Waals surface area contributed by atoms with Gasteiger partial charge in [0.05, 0.1) is 18.1 Å². The van der Waals surface area contributed by atoms with Crippen LogP contribution in [0, 0.1) is 0 Å². The van der Waals surface area contributed by atoms with E-state index in [1.54, 1.807) is 21.9 Å². The van der Waals surface area contributed by atoms with Gasteiger partial charge in [0.1, 0.15) is 6.04 Å². The second-order valence-corrected chi connectivity index (χ2v) is 8.52. The molecule has 2 aliphatic rings. The van der Waals surface area contributed by atoms with Gasteiger partial charge in [-0.2, -0.15) is 4.98 Å². The Balaban J connectivity index is 1.35. The number of morpholine rings is 1. The molecule has 0 N–H and O–H groups in total. The van der Waals surface area contributed by atoms with Crippen LogP contribution in [0.25, 0.3) is 10.7 Å². The molecule has 2 fully saturated rings. The van der Waals surface area contributed by atoms with Crippen molar-refractivity contribution in [3.05, 3.63) is 53.2 Å². The Morgan fingerprint density at radius 2 is 2.00 bits per heavy atom. The molecule has 2 amide bonds. The van der Waals surface area contributed by atoms with Gasteiger partial charge < -0.3 is 19.1 Å². The Labute approximate surface area is 183 Å². The van der Waals surface area contributed by atoms with E-state index >= 15 is 0 Å². The molecule has 0 radical (unpaired) electrons. The minimum Gasteiger partial charge on any atom is -0.377 e. The van der Waals surface area contributed by atoms with Crippen LogP contribution in [0.3, 0.4) is 0 Å². The van der Waals surface area contributed by atoms with E-state index in [9.17, 15) is 9.59 Å². The number of carbonyl (C=O) groups excluding carboxylic acids is 2. The summed E-state index contributed by atoms with van der Waals surface area (Å²) in [4.78, 5) is 34.4. The first-order valence-electron chi connectivity index (χ1n) is 10.4. The normalized spacial score (nSPS) is 19.6. The van der Waals surface area contributed by atoms with Crippen LogP contribution in [-0.4, -0.2) is 53.2 Å². The molecule has 0 unspecified atom stereocenters. The molecule has 160 valence electrons. The van der Waals surface area contributed by atoms with Gasteiger partial charge in [-0.15, -0.1) is 11.3 Å². The molecule has 31 heavy (non-hydrogen) atoms. The molecule has 1 aromatic carbocycles. The lowest BCUT2D eigenvalue weighted by molar-refractivity contribution is -0.119. The first-order valence-corrected chi connectivity index (χ1v) is 11.3. The SMILES string of the molecule is O=C1CCCCN1c1ccc(C(=O)N2CCOC[C@@H]2c2nc(-c3cccs3)no2)cc1. The summed E-state index contributed by atoms with van der Waals surface area (Å²) < 4.78 is 11.1. The minimum atomic E-state index is -0.439. The Bertz CT molecular complexity index is 1060. The van der Waals surface area contributed by atoms with E-state index < -0.39 is 6.04 Å². The molecule has 0 aliphatic carbocycles. The highest BCUT2D eigenvalue weighted by Gasteiger charge is 2.34. The molecule has 3 aromatic rings. The third-order valence-corrected chi connectivity index (χ3v) is 6.47. The fraction of sp³-hybridized carbons (Fsp3) is 0.364. The first kappa shape index (κ1) is 19.9. The first-order chi connectivity index (χ1) is 15.2. The average Bonchev–Trinajstić information content (AvgIpc) is 3.51. The van der Waals surface area contributed by atoms with Crippen molar-refractivity contribution in [2.75, 3.05) is 31.2 Å². The highest BCUT2D eigenvalue weighted by molar-refractivity contribution is 7.13. The Morgan fingerprint density at radius 1 is 1.13 bits per heavy atom. The minimum absolute atomic E-state index is 0.124. The summed E-state index contributed by atoms with van der Waals surface area (Å²) >= 11 is 1.53. The van der Waals surface area contributed by atoms with Crippen LogP contribution in [0.15, 0.2) is 46.3 Å². The van der Waals surface area contributed by atoms with E-state index in [-0.39, 0.29) is 11.8 Å². The van der Waals surface area contributed by atoms with Gasteiger partial charge >= 0.3 is 0 Å². The summed E-state index contributed by atoms with van der Waals surface area (Å²) in [6.07, 6.45) is 2.52. The Morgan fingerprint density at radius 3 is 2.77 bits per heavy atom. The zero-order valence-electron chi connectivity index (χ0n) is 16.9. The van der Waals surface area contributed by atoms with Crippen molar-refractivity contribution in [2.45, 2.75) is 25.3 Å². The lowest BCUT2D eigenvalue weighted by Crippen LogP contribution is -2.43. The van der Waals surface area contributed by atoms with Crippen molar-refractivity contribution in [3.63, 3.8) is 0 Å². The molecule has 8 nitrogen and oxygen atoms in total. The molecule has 5 rings (SSSR count). The van der Waals surface area contributed by atoms with E-state index in [1.807, 2.05) is 29.6 Å². The number of nitrogens with zero attached hydrogens (tertiary/aromatic N) is 4. The Kier molecular flexibility index (Phi) is 5.52. The summed E-state index contributed by atoms with van der Waals surface area (Å²) in [5.74, 6) is 0.891. The molecule has 2 aromatic heterocycles. The van der Waals surface area contributed by atoms with Crippen LogP contribution < -0.4 is 4.90 Å². The van der Waals surface area contributed by atoms with E-state index in [0.717, 1.165) is 30.0 Å². The van der Waals surface area contributed by atoms with Crippen LogP contribution in [-0.2, 0) is 9.53 Å². The van der Waals surface area contributed by atoms with Crippen LogP contribution >= 0.6 is 11.3 Å². The number of thiophene rings is 1. The monoisotopic (exact) mass is 438 g/mol. The average molecular weight is 439 g/mol.